The Hall–Kier alpha value is -2.35. The maximum absolute atomic E-state index is 6.06. The van der Waals surface area contributed by atoms with Gasteiger partial charge in [0.25, 0.3) is 0 Å². The average Bonchev–Trinajstić information content (AvgIpc) is 2.69. The molecular weight excluding hydrogens is 404 g/mol. The maximum Gasteiger partial charge on any atom is 0.0406 e. The van der Waals surface area contributed by atoms with Crippen molar-refractivity contribution >= 4 is 27.5 Å². The molecule has 126 valence electrons. The second-order valence-electron chi connectivity index (χ2n) is 6.18. The highest BCUT2D eigenvalue weighted by atomic mass is 79.9. The molecule has 0 spiro atoms. The van der Waals surface area contributed by atoms with Crippen LogP contribution in [0, 0.1) is 0 Å². The van der Waals surface area contributed by atoms with E-state index in [1.165, 1.54) is 27.8 Å². The molecule has 0 aliphatic rings. The molecule has 26 heavy (non-hydrogen) atoms. The number of hydrogen-bond acceptors (Lipinski definition) is 0. The summed E-state index contributed by atoms with van der Waals surface area (Å²) >= 11 is 9.58. The summed E-state index contributed by atoms with van der Waals surface area (Å²) in [4.78, 5) is 0. The summed E-state index contributed by atoms with van der Waals surface area (Å²) in [6.07, 6.45) is 0. The molecule has 0 fully saturated rings. The lowest BCUT2D eigenvalue weighted by Gasteiger charge is -2.11. The topological polar surface area (TPSA) is 0 Å². The Bertz CT molecular complexity index is 956. The fourth-order valence-corrected chi connectivity index (χ4v) is 3.43. The van der Waals surface area contributed by atoms with E-state index in [1.807, 2.05) is 18.2 Å². The average molecular weight is 420 g/mol. The van der Waals surface area contributed by atoms with E-state index in [-0.39, 0.29) is 0 Å². The minimum atomic E-state index is 0.751. The summed E-state index contributed by atoms with van der Waals surface area (Å²) in [6, 6.07) is 33.6. The van der Waals surface area contributed by atoms with Crippen molar-refractivity contribution in [2.75, 3.05) is 0 Å². The van der Waals surface area contributed by atoms with Gasteiger partial charge in [0.05, 0.1) is 0 Å². The first-order chi connectivity index (χ1) is 12.7. The summed E-state index contributed by atoms with van der Waals surface area (Å²) in [7, 11) is 0. The largest absolute Gasteiger partial charge is 0.0843 e. The van der Waals surface area contributed by atoms with Gasteiger partial charge in [0, 0.05) is 9.50 Å². The third-order valence-electron chi connectivity index (χ3n) is 4.40. The Morgan fingerprint density at radius 3 is 1.38 bits per heavy atom. The molecule has 0 aliphatic heterocycles. The van der Waals surface area contributed by atoms with Crippen molar-refractivity contribution in [2.45, 2.75) is 0 Å². The van der Waals surface area contributed by atoms with Gasteiger partial charge in [0.2, 0.25) is 0 Å². The molecule has 4 aromatic carbocycles. The Kier molecular flexibility index (Phi) is 4.92. The minimum absolute atomic E-state index is 0.751. The van der Waals surface area contributed by atoms with Crippen LogP contribution in [0.15, 0.2) is 102 Å². The van der Waals surface area contributed by atoms with Gasteiger partial charge < -0.3 is 0 Å². The zero-order chi connectivity index (χ0) is 17.9. The number of hydrogen-bond donors (Lipinski definition) is 0. The fourth-order valence-electron chi connectivity index (χ4n) is 3.04. The van der Waals surface area contributed by atoms with Crippen LogP contribution in [0.1, 0.15) is 0 Å². The molecule has 0 amide bonds. The number of benzene rings is 4. The quantitative estimate of drug-likeness (QED) is 0.314. The zero-order valence-electron chi connectivity index (χ0n) is 14.0. The van der Waals surface area contributed by atoms with E-state index >= 15 is 0 Å². The van der Waals surface area contributed by atoms with Gasteiger partial charge in [0.15, 0.2) is 0 Å². The zero-order valence-corrected chi connectivity index (χ0v) is 16.3. The van der Waals surface area contributed by atoms with Gasteiger partial charge in [-0.15, -0.1) is 0 Å². The molecule has 0 aromatic heterocycles. The second kappa shape index (κ2) is 7.49. The van der Waals surface area contributed by atoms with Crippen molar-refractivity contribution in [3.63, 3.8) is 0 Å². The fraction of sp³-hybridized carbons (Fsp3) is 0. The van der Waals surface area contributed by atoms with Crippen molar-refractivity contribution in [3.05, 3.63) is 107 Å². The number of halogens is 2. The van der Waals surface area contributed by atoms with Gasteiger partial charge in [-0.3, -0.25) is 0 Å². The van der Waals surface area contributed by atoms with Gasteiger partial charge >= 0.3 is 0 Å². The lowest BCUT2D eigenvalue weighted by atomic mass is 9.93. The van der Waals surface area contributed by atoms with Crippen molar-refractivity contribution in [2.24, 2.45) is 0 Å². The summed E-state index contributed by atoms with van der Waals surface area (Å²) in [5, 5.41) is 0.751. The van der Waals surface area contributed by atoms with Crippen molar-refractivity contribution in [1.29, 1.82) is 0 Å². The van der Waals surface area contributed by atoms with Crippen molar-refractivity contribution in [1.82, 2.24) is 0 Å². The summed E-state index contributed by atoms with van der Waals surface area (Å²) in [5.41, 5.74) is 7.15. The Morgan fingerprint density at radius 1 is 0.462 bits per heavy atom. The van der Waals surface area contributed by atoms with E-state index in [2.05, 4.69) is 94.8 Å². The standard InChI is InChI=1S/C24H16BrCl/c25-23-10-6-18(7-11-23)21-14-20(17-4-2-1-3-5-17)15-22(16-21)19-8-12-24(26)13-9-19/h1-16H. The predicted molar refractivity (Wildman–Crippen MR) is 115 cm³/mol. The van der Waals surface area contributed by atoms with Gasteiger partial charge in [-0.1, -0.05) is 82.1 Å². The Labute approximate surface area is 167 Å². The second-order valence-corrected chi connectivity index (χ2v) is 7.53. The highest BCUT2D eigenvalue weighted by Gasteiger charge is 2.07. The van der Waals surface area contributed by atoms with Crippen LogP contribution in [0.25, 0.3) is 33.4 Å². The van der Waals surface area contributed by atoms with Gasteiger partial charge in [-0.2, -0.15) is 0 Å². The van der Waals surface area contributed by atoms with Crippen molar-refractivity contribution in [3.8, 4) is 33.4 Å². The molecule has 0 saturated heterocycles. The van der Waals surface area contributed by atoms with Crippen molar-refractivity contribution < 1.29 is 0 Å². The van der Waals surface area contributed by atoms with E-state index in [9.17, 15) is 0 Å². The van der Waals surface area contributed by atoms with E-state index in [4.69, 9.17) is 11.6 Å². The molecule has 4 rings (SSSR count). The summed E-state index contributed by atoms with van der Waals surface area (Å²) in [6.45, 7) is 0. The molecule has 0 saturated carbocycles. The molecule has 0 aliphatic carbocycles. The maximum atomic E-state index is 6.06. The third kappa shape index (κ3) is 3.75. The van der Waals surface area contributed by atoms with Gasteiger partial charge in [0.1, 0.15) is 0 Å². The molecule has 0 heterocycles. The predicted octanol–water partition coefficient (Wildman–Crippen LogP) is 8.10. The SMILES string of the molecule is Clc1ccc(-c2cc(-c3ccccc3)cc(-c3ccc(Br)cc3)c2)cc1. The van der Waals surface area contributed by atoms with Crippen LogP contribution in [0.4, 0.5) is 0 Å². The molecular formula is C24H16BrCl. The number of rotatable bonds is 3. The smallest absolute Gasteiger partial charge is 0.0406 e. The molecule has 0 N–H and O–H groups in total. The van der Waals surface area contributed by atoms with Crippen LogP contribution in [0.5, 0.6) is 0 Å². The third-order valence-corrected chi connectivity index (χ3v) is 5.18. The summed E-state index contributed by atoms with van der Waals surface area (Å²) < 4.78 is 1.08. The Morgan fingerprint density at radius 2 is 0.885 bits per heavy atom. The van der Waals surface area contributed by atoms with Crippen LogP contribution in [0.2, 0.25) is 5.02 Å². The van der Waals surface area contributed by atoms with Gasteiger partial charge in [-0.05, 0) is 75.8 Å². The van der Waals surface area contributed by atoms with E-state index in [0.717, 1.165) is 15.1 Å². The summed E-state index contributed by atoms with van der Waals surface area (Å²) in [5.74, 6) is 0. The normalized spacial score (nSPS) is 10.7. The highest BCUT2D eigenvalue weighted by Crippen LogP contribution is 2.33. The van der Waals surface area contributed by atoms with Crippen LogP contribution in [-0.2, 0) is 0 Å². The lowest BCUT2D eigenvalue weighted by molar-refractivity contribution is 1.56. The highest BCUT2D eigenvalue weighted by molar-refractivity contribution is 9.10. The molecule has 2 heteroatoms. The molecule has 0 nitrogen and oxygen atoms in total. The molecule has 0 radical (unpaired) electrons. The molecule has 4 aromatic rings. The van der Waals surface area contributed by atoms with Crippen LogP contribution in [0.3, 0.4) is 0 Å². The van der Waals surface area contributed by atoms with Gasteiger partial charge in [-0.25, -0.2) is 0 Å². The molecule has 0 atom stereocenters. The van der Waals surface area contributed by atoms with E-state index in [0.29, 0.717) is 0 Å². The van der Waals surface area contributed by atoms with Crippen LogP contribution < -0.4 is 0 Å². The van der Waals surface area contributed by atoms with E-state index < -0.39 is 0 Å². The molecule has 0 bridgehead atoms. The van der Waals surface area contributed by atoms with Crippen LogP contribution in [-0.4, -0.2) is 0 Å². The Balaban J connectivity index is 1.89. The lowest BCUT2D eigenvalue weighted by Crippen LogP contribution is -1.86. The van der Waals surface area contributed by atoms with E-state index in [1.54, 1.807) is 0 Å². The first-order valence-electron chi connectivity index (χ1n) is 8.41. The molecule has 0 unspecified atom stereocenters. The monoisotopic (exact) mass is 418 g/mol. The first-order valence-corrected chi connectivity index (χ1v) is 9.58. The minimum Gasteiger partial charge on any atom is -0.0843 e. The van der Waals surface area contributed by atoms with Crippen LogP contribution >= 0.6 is 27.5 Å². The first kappa shape index (κ1) is 17.1.